The van der Waals surface area contributed by atoms with Crippen molar-refractivity contribution in [1.82, 2.24) is 0 Å². The highest BCUT2D eigenvalue weighted by molar-refractivity contribution is 9.11. The third kappa shape index (κ3) is 3.53. The van der Waals surface area contributed by atoms with Crippen molar-refractivity contribution >= 4 is 53.3 Å². The molecule has 7 heteroatoms. The van der Waals surface area contributed by atoms with Crippen LogP contribution in [0.5, 0.6) is 0 Å². The molecular weight excluding hydrogens is 408 g/mol. The molecule has 4 nitrogen and oxygen atoms in total. The largest absolute Gasteiger partial charge is 0.399 e. The minimum atomic E-state index is -3.67. The molecule has 0 atom stereocenters. The molecule has 20 heavy (non-hydrogen) atoms. The molecule has 0 aliphatic carbocycles. The molecular formula is C13H12Br2N2O2S. The van der Waals surface area contributed by atoms with Crippen LogP contribution in [0.4, 0.5) is 11.4 Å². The number of benzene rings is 2. The van der Waals surface area contributed by atoms with Gasteiger partial charge in [0.2, 0.25) is 0 Å². The van der Waals surface area contributed by atoms with E-state index < -0.39 is 10.0 Å². The lowest BCUT2D eigenvalue weighted by Crippen LogP contribution is -2.13. The van der Waals surface area contributed by atoms with Crippen molar-refractivity contribution in [3.05, 3.63) is 50.9 Å². The molecule has 0 bridgehead atoms. The Balaban J connectivity index is 2.40. The standard InChI is InChI=1S/C13H12Br2N2O2S/c1-8-4-10(16)7-11(5-8)20(18,19)17-13-3-2-9(14)6-12(13)15/h2-7,17H,16H2,1H3. The first-order chi connectivity index (χ1) is 9.28. The molecule has 0 aliphatic rings. The number of halogens is 2. The van der Waals surface area contributed by atoms with Gasteiger partial charge in [-0.15, -0.1) is 0 Å². The molecule has 0 heterocycles. The van der Waals surface area contributed by atoms with Gasteiger partial charge in [-0.05, 0) is 64.8 Å². The van der Waals surface area contributed by atoms with Gasteiger partial charge in [0.05, 0.1) is 10.6 Å². The van der Waals surface area contributed by atoms with Crippen molar-refractivity contribution in [3.63, 3.8) is 0 Å². The highest BCUT2D eigenvalue weighted by Gasteiger charge is 2.16. The summed E-state index contributed by atoms with van der Waals surface area (Å²) in [5.74, 6) is 0. The van der Waals surface area contributed by atoms with Gasteiger partial charge in [0, 0.05) is 14.6 Å². The van der Waals surface area contributed by atoms with Crippen molar-refractivity contribution in [2.24, 2.45) is 0 Å². The molecule has 0 saturated heterocycles. The van der Waals surface area contributed by atoms with E-state index >= 15 is 0 Å². The Morgan fingerprint density at radius 2 is 1.80 bits per heavy atom. The normalized spacial score (nSPS) is 11.3. The summed E-state index contributed by atoms with van der Waals surface area (Å²) in [5.41, 5.74) is 7.37. The lowest BCUT2D eigenvalue weighted by Gasteiger charge is -2.11. The van der Waals surface area contributed by atoms with E-state index in [0.29, 0.717) is 15.8 Å². The van der Waals surface area contributed by atoms with Crippen LogP contribution in [0.3, 0.4) is 0 Å². The number of sulfonamides is 1. The van der Waals surface area contributed by atoms with Gasteiger partial charge in [-0.3, -0.25) is 4.72 Å². The van der Waals surface area contributed by atoms with E-state index in [4.69, 9.17) is 5.73 Å². The lowest BCUT2D eigenvalue weighted by molar-refractivity contribution is 0.601. The van der Waals surface area contributed by atoms with Crippen LogP contribution < -0.4 is 10.5 Å². The number of nitrogens with one attached hydrogen (secondary N) is 1. The summed E-state index contributed by atoms with van der Waals surface area (Å²) in [5, 5.41) is 0. The number of anilines is 2. The molecule has 0 aromatic heterocycles. The number of nitrogens with two attached hydrogens (primary N) is 1. The first-order valence-electron chi connectivity index (χ1n) is 5.63. The zero-order valence-electron chi connectivity index (χ0n) is 10.5. The van der Waals surface area contributed by atoms with Crippen LogP contribution in [0, 0.1) is 6.92 Å². The number of hydrogen-bond donors (Lipinski definition) is 2. The van der Waals surface area contributed by atoms with E-state index in [2.05, 4.69) is 36.6 Å². The molecule has 0 aliphatic heterocycles. The third-order valence-electron chi connectivity index (χ3n) is 2.56. The smallest absolute Gasteiger partial charge is 0.262 e. The third-order valence-corrected chi connectivity index (χ3v) is 5.05. The van der Waals surface area contributed by atoms with Crippen LogP contribution in [0.25, 0.3) is 0 Å². The average molecular weight is 420 g/mol. The summed E-state index contributed by atoms with van der Waals surface area (Å²) in [6.45, 7) is 1.80. The maximum Gasteiger partial charge on any atom is 0.262 e. The fraction of sp³-hybridized carbons (Fsp3) is 0.0769. The van der Waals surface area contributed by atoms with E-state index in [1.165, 1.54) is 6.07 Å². The van der Waals surface area contributed by atoms with Crippen molar-refractivity contribution in [3.8, 4) is 0 Å². The fourth-order valence-corrected chi connectivity index (χ4v) is 4.20. The van der Waals surface area contributed by atoms with Gasteiger partial charge in [-0.1, -0.05) is 15.9 Å². The zero-order valence-corrected chi connectivity index (χ0v) is 14.5. The van der Waals surface area contributed by atoms with Gasteiger partial charge in [0.25, 0.3) is 10.0 Å². The number of aryl methyl sites for hydroxylation is 1. The second-order valence-electron chi connectivity index (χ2n) is 4.31. The van der Waals surface area contributed by atoms with Gasteiger partial charge in [0.1, 0.15) is 0 Å². The first-order valence-corrected chi connectivity index (χ1v) is 8.70. The number of rotatable bonds is 3. The molecule has 0 saturated carbocycles. The maximum absolute atomic E-state index is 12.3. The van der Waals surface area contributed by atoms with E-state index in [0.717, 1.165) is 10.0 Å². The van der Waals surface area contributed by atoms with Gasteiger partial charge in [-0.25, -0.2) is 8.42 Å². The van der Waals surface area contributed by atoms with Crippen LogP contribution >= 0.6 is 31.9 Å². The van der Waals surface area contributed by atoms with Gasteiger partial charge in [-0.2, -0.15) is 0 Å². The zero-order chi connectivity index (χ0) is 14.9. The molecule has 2 aromatic carbocycles. The van der Waals surface area contributed by atoms with Crippen molar-refractivity contribution in [2.45, 2.75) is 11.8 Å². The minimum absolute atomic E-state index is 0.143. The summed E-state index contributed by atoms with van der Waals surface area (Å²) < 4.78 is 28.7. The molecule has 2 aromatic rings. The Morgan fingerprint density at radius 1 is 1.10 bits per heavy atom. The average Bonchev–Trinajstić information content (AvgIpc) is 2.31. The SMILES string of the molecule is Cc1cc(N)cc(S(=O)(=O)Nc2ccc(Br)cc2Br)c1. The van der Waals surface area contributed by atoms with Gasteiger partial charge >= 0.3 is 0 Å². The highest BCUT2D eigenvalue weighted by atomic mass is 79.9. The first kappa shape index (κ1) is 15.3. The molecule has 2 rings (SSSR count). The van der Waals surface area contributed by atoms with Gasteiger partial charge < -0.3 is 5.73 Å². The van der Waals surface area contributed by atoms with E-state index in [1.54, 1.807) is 37.3 Å². The van der Waals surface area contributed by atoms with Crippen molar-refractivity contribution in [2.75, 3.05) is 10.5 Å². The summed E-state index contributed by atoms with van der Waals surface area (Å²) in [6.07, 6.45) is 0. The second-order valence-corrected chi connectivity index (χ2v) is 7.76. The topological polar surface area (TPSA) is 72.2 Å². The van der Waals surface area contributed by atoms with E-state index in [9.17, 15) is 8.42 Å². The highest BCUT2D eigenvalue weighted by Crippen LogP contribution is 2.28. The fourth-order valence-electron chi connectivity index (χ4n) is 1.71. The summed E-state index contributed by atoms with van der Waals surface area (Å²) in [6, 6.07) is 9.92. The van der Waals surface area contributed by atoms with Crippen LogP contribution in [-0.4, -0.2) is 8.42 Å². The number of nitrogen functional groups attached to an aromatic ring is 1. The van der Waals surface area contributed by atoms with Gasteiger partial charge in [0.15, 0.2) is 0 Å². The Kier molecular flexibility index (Phi) is 4.41. The monoisotopic (exact) mass is 418 g/mol. The van der Waals surface area contributed by atoms with E-state index in [1.807, 2.05) is 0 Å². The maximum atomic E-state index is 12.3. The molecule has 0 amide bonds. The molecule has 0 unspecified atom stereocenters. The number of hydrogen-bond acceptors (Lipinski definition) is 3. The van der Waals surface area contributed by atoms with Crippen LogP contribution in [0.15, 0.2) is 50.2 Å². The predicted molar refractivity (Wildman–Crippen MR) is 88.2 cm³/mol. The Hall–Kier alpha value is -1.05. The lowest BCUT2D eigenvalue weighted by atomic mass is 10.2. The quantitative estimate of drug-likeness (QED) is 0.741. The molecule has 0 spiro atoms. The second kappa shape index (κ2) is 5.75. The van der Waals surface area contributed by atoms with Crippen LogP contribution in [-0.2, 0) is 10.0 Å². The molecule has 0 radical (unpaired) electrons. The Bertz CT molecular complexity index is 741. The molecule has 3 N–H and O–H groups in total. The predicted octanol–water partition coefficient (Wildman–Crippen LogP) is 3.90. The van der Waals surface area contributed by atoms with Crippen LogP contribution in [0.1, 0.15) is 5.56 Å². The molecule has 0 fully saturated rings. The Morgan fingerprint density at radius 3 is 2.40 bits per heavy atom. The summed E-state index contributed by atoms with van der Waals surface area (Å²) in [7, 11) is -3.67. The summed E-state index contributed by atoms with van der Waals surface area (Å²) in [4.78, 5) is 0.143. The molecule has 106 valence electrons. The van der Waals surface area contributed by atoms with Crippen molar-refractivity contribution < 1.29 is 8.42 Å². The Labute approximate surface area is 134 Å². The minimum Gasteiger partial charge on any atom is -0.399 e. The van der Waals surface area contributed by atoms with Crippen LogP contribution in [0.2, 0.25) is 0 Å². The summed E-state index contributed by atoms with van der Waals surface area (Å²) >= 11 is 6.64. The van der Waals surface area contributed by atoms with Crippen molar-refractivity contribution in [1.29, 1.82) is 0 Å². The van der Waals surface area contributed by atoms with E-state index in [-0.39, 0.29) is 4.90 Å².